The minimum Gasteiger partial charge on any atom is -0.394 e. The van der Waals surface area contributed by atoms with Gasteiger partial charge in [-0.15, -0.1) is 10.2 Å². The largest absolute Gasteiger partial charge is 0.394 e. The number of rotatable bonds is 4. The highest BCUT2D eigenvalue weighted by molar-refractivity contribution is 4.93. The van der Waals surface area contributed by atoms with E-state index in [1.165, 1.54) is 0 Å². The Hall–Kier alpha value is -0.940. The first-order valence-electron chi connectivity index (χ1n) is 4.39. The van der Waals surface area contributed by atoms with Crippen LogP contribution in [-0.4, -0.2) is 26.5 Å². The predicted molar refractivity (Wildman–Crippen MR) is 48.9 cm³/mol. The molecule has 0 saturated carbocycles. The Labute approximate surface area is 77.6 Å². The lowest BCUT2D eigenvalue weighted by molar-refractivity contribution is 0.259. The molecular formula is C8H16N4O. The van der Waals surface area contributed by atoms with Crippen LogP contribution in [-0.2, 0) is 6.54 Å². The van der Waals surface area contributed by atoms with Crippen molar-refractivity contribution in [1.29, 1.82) is 0 Å². The SMILES string of the molecule is CC(C)Cn1cnnc1[C@@H](N)CO. The van der Waals surface area contributed by atoms with E-state index >= 15 is 0 Å². The van der Waals surface area contributed by atoms with Crippen molar-refractivity contribution in [2.24, 2.45) is 11.7 Å². The van der Waals surface area contributed by atoms with Crippen LogP contribution < -0.4 is 5.73 Å². The van der Waals surface area contributed by atoms with Gasteiger partial charge in [0.1, 0.15) is 6.33 Å². The Bertz CT molecular complexity index is 258. The molecule has 0 unspecified atom stereocenters. The molecule has 0 bridgehead atoms. The second-order valence-corrected chi connectivity index (χ2v) is 3.52. The van der Waals surface area contributed by atoms with Gasteiger partial charge in [0.05, 0.1) is 12.6 Å². The zero-order valence-electron chi connectivity index (χ0n) is 8.01. The molecule has 0 aliphatic heterocycles. The van der Waals surface area contributed by atoms with Crippen LogP contribution in [0.5, 0.6) is 0 Å². The molecule has 0 fully saturated rings. The standard InChI is InChI=1S/C8H16N4O/c1-6(2)3-12-5-10-11-8(12)7(9)4-13/h5-7,13H,3-4,9H2,1-2H3/t7-/m0/s1. The van der Waals surface area contributed by atoms with Gasteiger partial charge in [-0.2, -0.15) is 0 Å². The molecule has 1 aromatic heterocycles. The molecule has 0 aliphatic rings. The van der Waals surface area contributed by atoms with Gasteiger partial charge in [0.25, 0.3) is 0 Å². The van der Waals surface area contributed by atoms with Crippen LogP contribution in [0.2, 0.25) is 0 Å². The maximum absolute atomic E-state index is 8.86. The van der Waals surface area contributed by atoms with Gasteiger partial charge in [-0.1, -0.05) is 13.8 Å². The Morgan fingerprint density at radius 2 is 2.31 bits per heavy atom. The Balaban J connectivity index is 2.76. The monoisotopic (exact) mass is 184 g/mol. The van der Waals surface area contributed by atoms with Crippen LogP contribution in [0.4, 0.5) is 0 Å². The summed E-state index contributed by atoms with van der Waals surface area (Å²) in [6.45, 7) is 4.94. The van der Waals surface area contributed by atoms with Gasteiger partial charge >= 0.3 is 0 Å². The average molecular weight is 184 g/mol. The minimum atomic E-state index is -0.429. The van der Waals surface area contributed by atoms with Gasteiger partial charge in [-0.05, 0) is 5.92 Å². The van der Waals surface area contributed by atoms with Gasteiger partial charge in [-0.25, -0.2) is 0 Å². The van der Waals surface area contributed by atoms with Gasteiger partial charge in [0.2, 0.25) is 0 Å². The Morgan fingerprint density at radius 3 is 2.85 bits per heavy atom. The molecule has 1 heterocycles. The lowest BCUT2D eigenvalue weighted by Crippen LogP contribution is -2.21. The van der Waals surface area contributed by atoms with Crippen molar-refractivity contribution in [3.8, 4) is 0 Å². The van der Waals surface area contributed by atoms with Crippen LogP contribution in [0, 0.1) is 5.92 Å². The highest BCUT2D eigenvalue weighted by atomic mass is 16.3. The number of hydrogen-bond donors (Lipinski definition) is 2. The highest BCUT2D eigenvalue weighted by Gasteiger charge is 2.12. The first-order chi connectivity index (χ1) is 6.15. The molecule has 74 valence electrons. The molecule has 0 amide bonds. The maximum atomic E-state index is 8.86. The normalized spacial score (nSPS) is 13.6. The number of aromatic nitrogens is 3. The molecule has 0 aliphatic carbocycles. The van der Waals surface area contributed by atoms with E-state index in [-0.39, 0.29) is 6.61 Å². The number of hydrogen-bond acceptors (Lipinski definition) is 4. The Morgan fingerprint density at radius 1 is 1.62 bits per heavy atom. The first-order valence-corrected chi connectivity index (χ1v) is 4.39. The van der Waals surface area contributed by atoms with Crippen LogP contribution in [0.15, 0.2) is 6.33 Å². The summed E-state index contributed by atoms with van der Waals surface area (Å²) in [4.78, 5) is 0. The fourth-order valence-electron chi connectivity index (χ4n) is 1.17. The molecule has 0 aromatic carbocycles. The van der Waals surface area contributed by atoms with E-state index in [4.69, 9.17) is 10.8 Å². The fourth-order valence-corrected chi connectivity index (χ4v) is 1.17. The van der Waals surface area contributed by atoms with Crippen molar-refractivity contribution in [1.82, 2.24) is 14.8 Å². The lowest BCUT2D eigenvalue weighted by Gasteiger charge is -2.11. The summed E-state index contributed by atoms with van der Waals surface area (Å²) in [6, 6.07) is -0.429. The van der Waals surface area contributed by atoms with Gasteiger partial charge in [0.15, 0.2) is 5.82 Å². The molecule has 1 atom stereocenters. The molecule has 1 rings (SSSR count). The summed E-state index contributed by atoms with van der Waals surface area (Å²) in [5.41, 5.74) is 5.64. The van der Waals surface area contributed by atoms with E-state index in [2.05, 4.69) is 24.0 Å². The average Bonchev–Trinajstić information content (AvgIpc) is 2.50. The number of aliphatic hydroxyl groups is 1. The van der Waals surface area contributed by atoms with E-state index in [1.54, 1.807) is 6.33 Å². The third-order valence-electron chi connectivity index (χ3n) is 1.74. The highest BCUT2D eigenvalue weighted by Crippen LogP contribution is 2.08. The van der Waals surface area contributed by atoms with Gasteiger partial charge in [-0.3, -0.25) is 0 Å². The quantitative estimate of drug-likeness (QED) is 0.686. The predicted octanol–water partition coefficient (Wildman–Crippen LogP) is -0.0738. The molecule has 0 radical (unpaired) electrons. The molecule has 13 heavy (non-hydrogen) atoms. The van der Waals surface area contributed by atoms with Crippen LogP contribution in [0.25, 0.3) is 0 Å². The van der Waals surface area contributed by atoms with E-state index in [0.717, 1.165) is 6.54 Å². The van der Waals surface area contributed by atoms with Crippen LogP contribution >= 0.6 is 0 Å². The van der Waals surface area contributed by atoms with Crippen molar-refractivity contribution in [2.45, 2.75) is 26.4 Å². The van der Waals surface area contributed by atoms with Crippen molar-refractivity contribution in [2.75, 3.05) is 6.61 Å². The fraction of sp³-hybridized carbons (Fsp3) is 0.750. The molecule has 1 aromatic rings. The number of nitrogens with two attached hydrogens (primary N) is 1. The topological polar surface area (TPSA) is 77.0 Å². The molecule has 5 heteroatoms. The molecule has 0 spiro atoms. The summed E-state index contributed by atoms with van der Waals surface area (Å²) >= 11 is 0. The summed E-state index contributed by atoms with van der Waals surface area (Å²) in [6.07, 6.45) is 1.64. The first kappa shape index (κ1) is 10.1. The van der Waals surface area contributed by atoms with E-state index in [0.29, 0.717) is 11.7 Å². The second-order valence-electron chi connectivity index (χ2n) is 3.52. The maximum Gasteiger partial charge on any atom is 0.152 e. The lowest BCUT2D eigenvalue weighted by atomic mass is 10.2. The van der Waals surface area contributed by atoms with Crippen molar-refractivity contribution < 1.29 is 5.11 Å². The van der Waals surface area contributed by atoms with E-state index < -0.39 is 6.04 Å². The van der Waals surface area contributed by atoms with E-state index in [9.17, 15) is 0 Å². The molecule has 5 nitrogen and oxygen atoms in total. The number of nitrogens with zero attached hydrogens (tertiary/aromatic N) is 3. The smallest absolute Gasteiger partial charge is 0.152 e. The third-order valence-corrected chi connectivity index (χ3v) is 1.74. The van der Waals surface area contributed by atoms with Crippen LogP contribution in [0.3, 0.4) is 0 Å². The minimum absolute atomic E-state index is 0.100. The summed E-state index contributed by atoms with van der Waals surface area (Å²) < 4.78 is 1.88. The summed E-state index contributed by atoms with van der Waals surface area (Å²) in [5, 5.41) is 16.5. The Kier molecular flexibility index (Phi) is 3.39. The van der Waals surface area contributed by atoms with Crippen LogP contribution in [0.1, 0.15) is 25.7 Å². The zero-order valence-corrected chi connectivity index (χ0v) is 8.01. The molecule has 3 N–H and O–H groups in total. The summed E-state index contributed by atoms with van der Waals surface area (Å²) in [7, 11) is 0. The molecule has 0 saturated heterocycles. The number of aliphatic hydroxyl groups excluding tert-OH is 1. The van der Waals surface area contributed by atoms with Crippen molar-refractivity contribution >= 4 is 0 Å². The van der Waals surface area contributed by atoms with Gasteiger partial charge < -0.3 is 15.4 Å². The van der Waals surface area contributed by atoms with E-state index in [1.807, 2.05) is 4.57 Å². The second kappa shape index (κ2) is 4.34. The van der Waals surface area contributed by atoms with Crippen molar-refractivity contribution in [3.63, 3.8) is 0 Å². The molecular weight excluding hydrogens is 168 g/mol. The third kappa shape index (κ3) is 2.50. The van der Waals surface area contributed by atoms with Gasteiger partial charge in [0, 0.05) is 6.54 Å². The zero-order chi connectivity index (χ0) is 9.84. The van der Waals surface area contributed by atoms with Crippen molar-refractivity contribution in [3.05, 3.63) is 12.2 Å². The summed E-state index contributed by atoms with van der Waals surface area (Å²) in [5.74, 6) is 1.16.